The molecule has 0 fully saturated rings. The molecule has 0 radical (unpaired) electrons. The largest absolute Gasteiger partial charge is 0.443 e. The highest BCUT2D eigenvalue weighted by molar-refractivity contribution is 5.51. The van der Waals surface area contributed by atoms with E-state index in [9.17, 15) is 0 Å². The van der Waals surface area contributed by atoms with Crippen LogP contribution in [0.5, 0.6) is 0 Å². The van der Waals surface area contributed by atoms with Crippen LogP contribution in [0, 0.1) is 39.0 Å². The molecule has 3 heteroatoms. The number of hydrogen-bond donors (Lipinski definition) is 0. The minimum atomic E-state index is 0.625. The Balaban J connectivity index is 2.75. The highest BCUT2D eigenvalue weighted by Gasteiger charge is 2.17. The van der Waals surface area contributed by atoms with Gasteiger partial charge in [0.2, 0.25) is 5.88 Å². The summed E-state index contributed by atoms with van der Waals surface area (Å²) in [4.78, 5) is 0. The molecule has 2 heterocycles. The molecular formula is C13H14N2O. The van der Waals surface area contributed by atoms with Gasteiger partial charge in [0, 0.05) is 17.0 Å². The van der Waals surface area contributed by atoms with Crippen LogP contribution < -0.4 is 0 Å². The molecule has 0 atom stereocenters. The average molecular weight is 214 g/mol. The van der Waals surface area contributed by atoms with Gasteiger partial charge in [0.1, 0.15) is 17.4 Å². The number of rotatable bonds is 1. The van der Waals surface area contributed by atoms with E-state index < -0.39 is 0 Å². The van der Waals surface area contributed by atoms with Crippen molar-refractivity contribution in [3.8, 4) is 12.0 Å². The summed E-state index contributed by atoms with van der Waals surface area (Å²) in [6.45, 7) is 7.80. The van der Waals surface area contributed by atoms with E-state index >= 15 is 0 Å². The van der Waals surface area contributed by atoms with Gasteiger partial charge in [-0.05, 0) is 39.8 Å². The van der Waals surface area contributed by atoms with Gasteiger partial charge in [-0.25, -0.2) is 0 Å². The molecule has 2 aromatic heterocycles. The molecule has 0 aliphatic carbocycles. The number of aromatic nitrogens is 1. The van der Waals surface area contributed by atoms with Crippen LogP contribution in [0.4, 0.5) is 0 Å². The summed E-state index contributed by atoms with van der Waals surface area (Å²) >= 11 is 0. The fourth-order valence-electron chi connectivity index (χ4n) is 1.89. The Morgan fingerprint density at radius 1 is 1.12 bits per heavy atom. The van der Waals surface area contributed by atoms with E-state index in [1.165, 1.54) is 0 Å². The summed E-state index contributed by atoms with van der Waals surface area (Å²) in [5.41, 5.74) is 3.69. The molecule has 0 spiro atoms. The Bertz CT molecular complexity index is 562. The van der Waals surface area contributed by atoms with Gasteiger partial charge in [-0.1, -0.05) is 0 Å². The van der Waals surface area contributed by atoms with Crippen molar-refractivity contribution in [2.75, 3.05) is 0 Å². The molecule has 3 nitrogen and oxygen atoms in total. The van der Waals surface area contributed by atoms with Gasteiger partial charge in [-0.3, -0.25) is 4.57 Å². The lowest BCUT2D eigenvalue weighted by Crippen LogP contribution is -1.99. The lowest BCUT2D eigenvalue weighted by molar-refractivity contribution is 0.503. The van der Waals surface area contributed by atoms with Crippen molar-refractivity contribution in [3.63, 3.8) is 0 Å². The summed E-state index contributed by atoms with van der Waals surface area (Å²) in [6, 6.07) is 6.25. The van der Waals surface area contributed by atoms with Crippen LogP contribution in [0.3, 0.4) is 0 Å². The van der Waals surface area contributed by atoms with E-state index in [4.69, 9.17) is 9.68 Å². The van der Waals surface area contributed by atoms with E-state index in [2.05, 4.69) is 6.07 Å². The maximum atomic E-state index is 9.17. The first-order valence-electron chi connectivity index (χ1n) is 5.21. The summed E-state index contributed by atoms with van der Waals surface area (Å²) in [6.07, 6.45) is 0. The van der Waals surface area contributed by atoms with Gasteiger partial charge < -0.3 is 4.42 Å². The Hall–Kier alpha value is -1.95. The average Bonchev–Trinajstić information content (AvgIpc) is 2.70. The number of nitriles is 1. The fourth-order valence-corrected chi connectivity index (χ4v) is 1.89. The van der Waals surface area contributed by atoms with Crippen molar-refractivity contribution < 1.29 is 4.42 Å². The number of furan rings is 1. The van der Waals surface area contributed by atoms with E-state index in [1.54, 1.807) is 0 Å². The van der Waals surface area contributed by atoms with Crippen LogP contribution >= 0.6 is 0 Å². The summed E-state index contributed by atoms with van der Waals surface area (Å²) in [5, 5.41) is 9.17. The maximum Gasteiger partial charge on any atom is 0.222 e. The topological polar surface area (TPSA) is 41.9 Å². The molecule has 0 amide bonds. The second kappa shape index (κ2) is 3.57. The van der Waals surface area contributed by atoms with Crippen molar-refractivity contribution in [2.24, 2.45) is 0 Å². The predicted molar refractivity (Wildman–Crippen MR) is 61.7 cm³/mol. The Labute approximate surface area is 94.9 Å². The van der Waals surface area contributed by atoms with E-state index in [0.717, 1.165) is 22.7 Å². The molecule has 2 rings (SSSR count). The maximum absolute atomic E-state index is 9.17. The Morgan fingerprint density at radius 3 is 2.19 bits per heavy atom. The molecule has 0 N–H and O–H groups in total. The first kappa shape index (κ1) is 10.6. The minimum Gasteiger partial charge on any atom is -0.443 e. The van der Waals surface area contributed by atoms with Crippen LogP contribution in [0.2, 0.25) is 0 Å². The van der Waals surface area contributed by atoms with Gasteiger partial charge in [0.05, 0.1) is 0 Å². The van der Waals surface area contributed by atoms with Crippen molar-refractivity contribution in [2.45, 2.75) is 27.7 Å². The van der Waals surface area contributed by atoms with Gasteiger partial charge >= 0.3 is 0 Å². The first-order valence-corrected chi connectivity index (χ1v) is 5.21. The molecule has 16 heavy (non-hydrogen) atoms. The van der Waals surface area contributed by atoms with Gasteiger partial charge in [-0.2, -0.15) is 5.26 Å². The fraction of sp³-hybridized carbons (Fsp3) is 0.308. The standard InChI is InChI=1S/C13H14N2O/c1-8-5-6-9(2)15(8)13-12(7-14)10(3)11(4)16-13/h5-6H,1-4H3. The Morgan fingerprint density at radius 2 is 1.69 bits per heavy atom. The van der Waals surface area contributed by atoms with Crippen LogP contribution in [-0.2, 0) is 0 Å². The molecule has 0 saturated heterocycles. The summed E-state index contributed by atoms with van der Waals surface area (Å²) < 4.78 is 7.65. The highest BCUT2D eigenvalue weighted by atomic mass is 16.4. The number of aryl methyl sites for hydroxylation is 3. The minimum absolute atomic E-state index is 0.625. The third kappa shape index (κ3) is 1.35. The van der Waals surface area contributed by atoms with Crippen molar-refractivity contribution >= 4 is 0 Å². The van der Waals surface area contributed by atoms with Crippen molar-refractivity contribution in [1.29, 1.82) is 5.26 Å². The second-order valence-electron chi connectivity index (χ2n) is 4.03. The molecule has 0 unspecified atom stereocenters. The third-order valence-corrected chi connectivity index (χ3v) is 2.95. The molecule has 0 bridgehead atoms. The van der Waals surface area contributed by atoms with E-state index in [1.807, 2.05) is 44.4 Å². The van der Waals surface area contributed by atoms with E-state index in [-0.39, 0.29) is 0 Å². The number of nitrogens with zero attached hydrogens (tertiary/aromatic N) is 2. The summed E-state index contributed by atoms with van der Waals surface area (Å²) in [5.74, 6) is 1.44. The molecule has 82 valence electrons. The van der Waals surface area contributed by atoms with Gasteiger partial charge in [0.15, 0.2) is 0 Å². The molecule has 0 saturated carbocycles. The quantitative estimate of drug-likeness (QED) is 0.731. The normalized spacial score (nSPS) is 10.4. The molecule has 0 aliphatic rings. The second-order valence-corrected chi connectivity index (χ2v) is 4.03. The highest BCUT2D eigenvalue weighted by Crippen LogP contribution is 2.26. The Kier molecular flexibility index (Phi) is 2.35. The molecule has 2 aromatic rings. The molecular weight excluding hydrogens is 200 g/mol. The number of hydrogen-bond acceptors (Lipinski definition) is 2. The third-order valence-electron chi connectivity index (χ3n) is 2.95. The predicted octanol–water partition coefficient (Wildman–Crippen LogP) is 3.18. The summed E-state index contributed by atoms with van der Waals surface area (Å²) in [7, 11) is 0. The van der Waals surface area contributed by atoms with Crippen LogP contribution in [0.1, 0.15) is 28.3 Å². The molecule has 0 aromatic carbocycles. The van der Waals surface area contributed by atoms with Crippen LogP contribution in [-0.4, -0.2) is 4.57 Å². The first-order chi connectivity index (χ1) is 7.56. The lowest BCUT2D eigenvalue weighted by Gasteiger charge is -2.05. The SMILES string of the molecule is Cc1oc(-n2c(C)ccc2C)c(C#N)c1C. The van der Waals surface area contributed by atoms with Crippen LogP contribution in [0.25, 0.3) is 5.88 Å². The van der Waals surface area contributed by atoms with Crippen molar-refractivity contribution in [3.05, 3.63) is 40.4 Å². The molecule has 0 aliphatic heterocycles. The van der Waals surface area contributed by atoms with E-state index in [0.29, 0.717) is 11.4 Å². The van der Waals surface area contributed by atoms with Gasteiger partial charge in [0.25, 0.3) is 0 Å². The van der Waals surface area contributed by atoms with Crippen LogP contribution in [0.15, 0.2) is 16.5 Å². The smallest absolute Gasteiger partial charge is 0.222 e. The monoisotopic (exact) mass is 214 g/mol. The van der Waals surface area contributed by atoms with Crippen molar-refractivity contribution in [1.82, 2.24) is 4.57 Å². The zero-order valence-corrected chi connectivity index (χ0v) is 9.96. The zero-order chi connectivity index (χ0) is 11.9. The lowest BCUT2D eigenvalue weighted by atomic mass is 10.2. The van der Waals surface area contributed by atoms with Gasteiger partial charge in [-0.15, -0.1) is 0 Å². The zero-order valence-electron chi connectivity index (χ0n) is 9.96.